The lowest BCUT2D eigenvalue weighted by atomic mass is 10.1. The lowest BCUT2D eigenvalue weighted by molar-refractivity contribution is 0.415. The summed E-state index contributed by atoms with van der Waals surface area (Å²) < 4.78 is 7.32. The van der Waals surface area contributed by atoms with Crippen molar-refractivity contribution >= 4 is 62.0 Å². The fourth-order valence-corrected chi connectivity index (χ4v) is 4.75. The molecule has 39 heavy (non-hydrogen) atoms. The normalized spacial score (nSPS) is 11.5. The summed E-state index contributed by atoms with van der Waals surface area (Å²) >= 11 is 6.30. The maximum atomic E-state index is 6.30. The van der Waals surface area contributed by atoms with Crippen LogP contribution in [0.5, 0.6) is 5.75 Å². The number of benzene rings is 2. The van der Waals surface area contributed by atoms with E-state index in [1.807, 2.05) is 41.0 Å². The van der Waals surface area contributed by atoms with Gasteiger partial charge in [0.2, 0.25) is 5.95 Å². The van der Waals surface area contributed by atoms with Crippen molar-refractivity contribution in [2.45, 2.75) is 19.4 Å². The van der Waals surface area contributed by atoms with Crippen LogP contribution in [0.15, 0.2) is 42.7 Å². The van der Waals surface area contributed by atoms with E-state index in [2.05, 4.69) is 30.9 Å². The van der Waals surface area contributed by atoms with Gasteiger partial charge in [0, 0.05) is 41.5 Å². The monoisotopic (exact) mass is 548 g/mol. The van der Waals surface area contributed by atoms with Gasteiger partial charge in [0.05, 0.1) is 30.2 Å². The molecule has 0 unspecified atom stereocenters. The first-order valence-corrected chi connectivity index (χ1v) is 13.4. The van der Waals surface area contributed by atoms with Crippen molar-refractivity contribution in [3.63, 3.8) is 0 Å². The molecule has 0 atom stereocenters. The molecule has 5 aromatic rings. The van der Waals surface area contributed by atoms with Crippen LogP contribution in [0.1, 0.15) is 12.8 Å². The zero-order chi connectivity index (χ0) is 27.2. The number of nitrogens with zero attached hydrogens (tertiary/aromatic N) is 5. The van der Waals surface area contributed by atoms with Crippen molar-refractivity contribution in [1.29, 1.82) is 0 Å². The highest BCUT2D eigenvalue weighted by Crippen LogP contribution is 2.34. The van der Waals surface area contributed by atoms with Crippen LogP contribution in [0.4, 0.5) is 17.5 Å². The van der Waals surface area contributed by atoms with E-state index in [4.69, 9.17) is 32.8 Å². The van der Waals surface area contributed by atoms with Crippen LogP contribution in [-0.2, 0) is 6.54 Å². The number of nitrogens with two attached hydrogens (primary N) is 2. The van der Waals surface area contributed by atoms with Crippen LogP contribution in [0.3, 0.4) is 0 Å². The van der Waals surface area contributed by atoms with Crippen LogP contribution in [0, 0.1) is 0 Å². The van der Waals surface area contributed by atoms with Crippen molar-refractivity contribution in [3.05, 3.63) is 47.7 Å². The minimum Gasteiger partial charge on any atom is -0.497 e. The molecule has 2 aromatic carbocycles. The van der Waals surface area contributed by atoms with Gasteiger partial charge >= 0.3 is 0 Å². The van der Waals surface area contributed by atoms with Gasteiger partial charge in [-0.15, -0.1) is 0 Å². The number of pyridine rings is 1. The molecule has 0 fully saturated rings. The number of halogens is 1. The summed E-state index contributed by atoms with van der Waals surface area (Å²) in [6, 6.07) is 11.8. The van der Waals surface area contributed by atoms with Crippen molar-refractivity contribution in [1.82, 2.24) is 35.1 Å². The van der Waals surface area contributed by atoms with Crippen molar-refractivity contribution in [2.24, 2.45) is 0 Å². The molecule has 0 saturated heterocycles. The smallest absolute Gasteiger partial charge is 0.224 e. The van der Waals surface area contributed by atoms with Crippen molar-refractivity contribution in [3.8, 4) is 5.75 Å². The number of ether oxygens (including phenoxy) is 1. The van der Waals surface area contributed by atoms with E-state index in [9.17, 15) is 0 Å². The second-order valence-corrected chi connectivity index (χ2v) is 9.68. The molecule has 11 nitrogen and oxygen atoms in total. The maximum absolute atomic E-state index is 6.30. The number of aromatic nitrogens is 5. The summed E-state index contributed by atoms with van der Waals surface area (Å²) in [7, 11) is 1.66. The predicted octanol–water partition coefficient (Wildman–Crippen LogP) is 3.43. The summed E-state index contributed by atoms with van der Waals surface area (Å²) in [6.45, 7) is 5.13. The fraction of sp³-hybridized carbons (Fsp3) is 0.333. The van der Waals surface area contributed by atoms with E-state index in [0.717, 1.165) is 85.4 Å². The average Bonchev–Trinajstić information content (AvgIpc) is 3.34. The predicted molar refractivity (Wildman–Crippen MR) is 158 cm³/mol. The van der Waals surface area contributed by atoms with E-state index in [1.165, 1.54) is 0 Å². The summed E-state index contributed by atoms with van der Waals surface area (Å²) in [5.74, 6) is 1.25. The van der Waals surface area contributed by atoms with Gasteiger partial charge in [0.25, 0.3) is 0 Å². The molecule has 0 radical (unpaired) electrons. The van der Waals surface area contributed by atoms with Gasteiger partial charge in [-0.25, -0.2) is 9.97 Å². The fourth-order valence-electron chi connectivity index (χ4n) is 4.58. The molecule has 7 N–H and O–H groups in total. The number of hydrogen-bond acceptors (Lipinski definition) is 10. The Kier molecular flexibility index (Phi) is 8.40. The lowest BCUT2D eigenvalue weighted by Gasteiger charge is -2.14. The summed E-state index contributed by atoms with van der Waals surface area (Å²) in [4.78, 5) is 17.3. The van der Waals surface area contributed by atoms with Gasteiger partial charge in [0.15, 0.2) is 11.5 Å². The minimum atomic E-state index is 0.156. The molecule has 5 rings (SSSR count). The number of fused-ring (bicyclic) bond motifs is 3. The van der Waals surface area contributed by atoms with Crippen LogP contribution in [-0.4, -0.2) is 64.3 Å². The van der Waals surface area contributed by atoms with Crippen LogP contribution in [0.25, 0.3) is 33.0 Å². The second-order valence-electron chi connectivity index (χ2n) is 9.24. The molecule has 0 aliphatic heterocycles. The molecule has 3 heterocycles. The first kappa shape index (κ1) is 26.7. The Morgan fingerprint density at radius 3 is 2.49 bits per heavy atom. The number of hydrogen-bond donors (Lipinski definition) is 5. The summed E-state index contributed by atoms with van der Waals surface area (Å²) in [5, 5.41) is 13.4. The van der Waals surface area contributed by atoms with Crippen molar-refractivity contribution in [2.75, 3.05) is 56.6 Å². The largest absolute Gasteiger partial charge is 0.497 e. The molecule has 0 spiro atoms. The Bertz CT molecular complexity index is 1590. The lowest BCUT2D eigenvalue weighted by Crippen LogP contribution is -2.25. The highest BCUT2D eigenvalue weighted by molar-refractivity contribution is 6.31. The number of anilines is 3. The van der Waals surface area contributed by atoms with Crippen LogP contribution in [0.2, 0.25) is 5.02 Å². The molecular weight excluding hydrogens is 516 g/mol. The Morgan fingerprint density at radius 1 is 0.872 bits per heavy atom. The SMILES string of the molecule is COc1ccc2c(NCCCNCCCNCCn3cnc4c(N)nc(N)nc43)c3cc(Cl)ccc3nc2c1. The zero-order valence-corrected chi connectivity index (χ0v) is 22.6. The van der Waals surface area contributed by atoms with E-state index in [1.54, 1.807) is 13.4 Å². The molecule has 204 valence electrons. The topological polar surface area (TPSA) is 154 Å². The average molecular weight is 549 g/mol. The van der Waals surface area contributed by atoms with Gasteiger partial charge in [-0.1, -0.05) is 11.6 Å². The Morgan fingerprint density at radius 2 is 1.67 bits per heavy atom. The second kappa shape index (κ2) is 12.3. The third kappa shape index (κ3) is 6.22. The van der Waals surface area contributed by atoms with Crippen LogP contribution >= 0.6 is 11.6 Å². The van der Waals surface area contributed by atoms with E-state index >= 15 is 0 Å². The molecule has 0 aliphatic rings. The number of rotatable bonds is 13. The Balaban J connectivity index is 1.04. The van der Waals surface area contributed by atoms with Crippen LogP contribution < -0.4 is 32.2 Å². The Hall–Kier alpha value is -3.93. The van der Waals surface area contributed by atoms with E-state index < -0.39 is 0 Å². The highest BCUT2D eigenvalue weighted by Gasteiger charge is 2.11. The number of imidazole rings is 1. The summed E-state index contributed by atoms with van der Waals surface area (Å²) in [6.07, 6.45) is 3.73. The number of nitrogen functional groups attached to an aromatic ring is 2. The minimum absolute atomic E-state index is 0.156. The van der Waals surface area contributed by atoms with E-state index in [-0.39, 0.29) is 5.95 Å². The van der Waals surface area contributed by atoms with E-state index in [0.29, 0.717) is 22.0 Å². The standard InChI is InChI=1S/C27H33ClN10O/c1-39-18-5-6-19-22(15-18)35-21-7-4-17(28)14-20(21)23(19)33-11-3-10-31-8-2-9-32-12-13-38-16-34-24-25(29)36-27(30)37-26(24)38/h4-7,14-16,31-32H,2-3,8-13H2,1H3,(H,33,35)(H4,29,30,36,37). The molecule has 0 amide bonds. The van der Waals surface area contributed by atoms with Gasteiger partial charge in [-0.2, -0.15) is 9.97 Å². The van der Waals surface area contributed by atoms with Gasteiger partial charge in [0.1, 0.15) is 11.3 Å². The van der Waals surface area contributed by atoms with Gasteiger partial charge in [-0.05, 0) is 62.8 Å². The maximum Gasteiger partial charge on any atom is 0.224 e. The van der Waals surface area contributed by atoms with Crippen molar-refractivity contribution < 1.29 is 4.74 Å². The first-order valence-electron chi connectivity index (χ1n) is 13.0. The first-order chi connectivity index (χ1) is 19.0. The number of methoxy groups -OCH3 is 1. The quantitative estimate of drug-likeness (QED) is 0.109. The summed E-state index contributed by atoms with van der Waals surface area (Å²) in [5.41, 5.74) is 15.7. The molecular formula is C27H33ClN10O. The third-order valence-electron chi connectivity index (χ3n) is 6.52. The molecule has 3 aromatic heterocycles. The third-order valence-corrected chi connectivity index (χ3v) is 6.76. The molecule has 0 aliphatic carbocycles. The molecule has 12 heteroatoms. The number of nitrogens with one attached hydrogen (secondary N) is 3. The zero-order valence-electron chi connectivity index (χ0n) is 21.9. The highest BCUT2D eigenvalue weighted by atomic mass is 35.5. The Labute approximate surface area is 231 Å². The van der Waals surface area contributed by atoms with Gasteiger partial charge < -0.3 is 36.7 Å². The molecule has 0 bridgehead atoms. The molecule has 0 saturated carbocycles. The van der Waals surface area contributed by atoms with Gasteiger partial charge in [-0.3, -0.25) is 0 Å².